The maximum absolute atomic E-state index is 11.0. The predicted octanol–water partition coefficient (Wildman–Crippen LogP) is 1.62. The number of unbranched alkanes of at least 4 members (excludes halogenated alkanes) is 1. The predicted molar refractivity (Wildman–Crippen MR) is 50.5 cm³/mol. The van der Waals surface area contributed by atoms with Crippen molar-refractivity contribution < 1.29 is 19.1 Å². The molecule has 0 amide bonds. The van der Waals surface area contributed by atoms with E-state index in [-0.39, 0.29) is 12.8 Å². The minimum atomic E-state index is -1.02. The van der Waals surface area contributed by atoms with Crippen molar-refractivity contribution in [3.8, 4) is 0 Å². The molecule has 0 N–H and O–H groups in total. The van der Waals surface area contributed by atoms with Gasteiger partial charge in [0.2, 0.25) is 5.78 Å². The minimum Gasteiger partial charge on any atom is -0.387 e. The van der Waals surface area contributed by atoms with Gasteiger partial charge < -0.3 is 4.74 Å². The van der Waals surface area contributed by atoms with Gasteiger partial charge in [-0.15, -0.1) is 0 Å². The van der Waals surface area contributed by atoms with Crippen molar-refractivity contribution in [1.29, 1.82) is 0 Å². The Balaban J connectivity index is 3.83. The molecule has 0 atom stereocenters. The molecule has 0 unspecified atom stereocenters. The molecule has 0 fully saturated rings. The van der Waals surface area contributed by atoms with Crippen molar-refractivity contribution in [2.45, 2.75) is 46.0 Å². The van der Waals surface area contributed by atoms with Gasteiger partial charge in [-0.1, -0.05) is 20.3 Å². The topological polar surface area (TPSA) is 60.4 Å². The second-order valence-electron chi connectivity index (χ2n) is 3.04. The summed E-state index contributed by atoms with van der Waals surface area (Å²) in [6.07, 6.45) is 2.43. The van der Waals surface area contributed by atoms with Gasteiger partial charge in [0.25, 0.3) is 0 Å². The Hall–Kier alpha value is -1.19. The first-order chi connectivity index (χ1) is 6.61. The van der Waals surface area contributed by atoms with E-state index in [2.05, 4.69) is 4.74 Å². The lowest BCUT2D eigenvalue weighted by Crippen LogP contribution is -2.20. The number of esters is 2. The summed E-state index contributed by atoms with van der Waals surface area (Å²) in [5.41, 5.74) is 0. The SMILES string of the molecule is CCCCC(=O)C(=O)OC(=O)CCC. The van der Waals surface area contributed by atoms with E-state index in [1.807, 2.05) is 6.92 Å². The fraction of sp³-hybridized carbons (Fsp3) is 0.700. The van der Waals surface area contributed by atoms with Gasteiger partial charge in [-0.3, -0.25) is 9.59 Å². The highest BCUT2D eigenvalue weighted by Crippen LogP contribution is 1.99. The molecule has 4 nitrogen and oxygen atoms in total. The van der Waals surface area contributed by atoms with Crippen LogP contribution in [0.3, 0.4) is 0 Å². The number of ketones is 1. The molecule has 4 heteroatoms. The monoisotopic (exact) mass is 200 g/mol. The quantitative estimate of drug-likeness (QED) is 0.371. The van der Waals surface area contributed by atoms with Crippen LogP contribution in [-0.2, 0) is 19.1 Å². The van der Waals surface area contributed by atoms with Crippen molar-refractivity contribution in [2.75, 3.05) is 0 Å². The number of hydrogen-bond donors (Lipinski definition) is 0. The average molecular weight is 200 g/mol. The Morgan fingerprint density at radius 1 is 1.00 bits per heavy atom. The van der Waals surface area contributed by atoms with Crippen LogP contribution in [0.15, 0.2) is 0 Å². The molecule has 0 heterocycles. The zero-order chi connectivity index (χ0) is 11.0. The highest BCUT2D eigenvalue weighted by molar-refractivity contribution is 6.35. The van der Waals surface area contributed by atoms with Crippen LogP contribution < -0.4 is 0 Å². The summed E-state index contributed by atoms with van der Waals surface area (Å²) in [5.74, 6) is -2.25. The highest BCUT2D eigenvalue weighted by Gasteiger charge is 2.17. The fourth-order valence-electron chi connectivity index (χ4n) is 0.855. The molecule has 0 aromatic rings. The number of rotatable bonds is 6. The van der Waals surface area contributed by atoms with Crippen LogP contribution in [0.25, 0.3) is 0 Å². The lowest BCUT2D eigenvalue weighted by Gasteiger charge is -2.00. The van der Waals surface area contributed by atoms with Gasteiger partial charge in [0.05, 0.1) is 0 Å². The van der Waals surface area contributed by atoms with E-state index < -0.39 is 17.7 Å². The summed E-state index contributed by atoms with van der Waals surface area (Å²) in [7, 11) is 0. The van der Waals surface area contributed by atoms with E-state index in [0.717, 1.165) is 6.42 Å². The number of hydrogen-bond acceptors (Lipinski definition) is 4. The summed E-state index contributed by atoms with van der Waals surface area (Å²) in [5, 5.41) is 0. The zero-order valence-electron chi connectivity index (χ0n) is 8.67. The van der Waals surface area contributed by atoms with E-state index >= 15 is 0 Å². The molecule has 0 aromatic heterocycles. The van der Waals surface area contributed by atoms with Crippen LogP contribution in [0.2, 0.25) is 0 Å². The maximum Gasteiger partial charge on any atom is 0.382 e. The van der Waals surface area contributed by atoms with Crippen LogP contribution in [0.5, 0.6) is 0 Å². The van der Waals surface area contributed by atoms with Gasteiger partial charge in [0.15, 0.2) is 0 Å². The van der Waals surface area contributed by atoms with E-state index in [0.29, 0.717) is 12.8 Å². The highest BCUT2D eigenvalue weighted by atomic mass is 16.6. The van der Waals surface area contributed by atoms with E-state index in [1.165, 1.54) is 0 Å². The lowest BCUT2D eigenvalue weighted by atomic mass is 10.2. The Morgan fingerprint density at radius 2 is 1.64 bits per heavy atom. The Morgan fingerprint density at radius 3 is 2.14 bits per heavy atom. The molecule has 0 bridgehead atoms. The van der Waals surface area contributed by atoms with Crippen LogP contribution in [0.4, 0.5) is 0 Å². The smallest absolute Gasteiger partial charge is 0.382 e. The van der Waals surface area contributed by atoms with Gasteiger partial charge >= 0.3 is 11.9 Å². The first kappa shape index (κ1) is 12.8. The van der Waals surface area contributed by atoms with Crippen LogP contribution >= 0.6 is 0 Å². The van der Waals surface area contributed by atoms with Gasteiger partial charge in [-0.05, 0) is 12.8 Å². The molecule has 0 aromatic carbocycles. The molecule has 0 aliphatic rings. The number of carbonyl (C=O) groups is 3. The van der Waals surface area contributed by atoms with E-state index in [1.54, 1.807) is 6.92 Å². The molecular formula is C10H16O4. The summed E-state index contributed by atoms with van der Waals surface area (Å²) < 4.78 is 4.32. The van der Waals surface area contributed by atoms with Gasteiger partial charge in [0, 0.05) is 12.8 Å². The van der Waals surface area contributed by atoms with Crippen molar-refractivity contribution >= 4 is 17.7 Å². The molecule has 0 aliphatic carbocycles. The first-order valence-electron chi connectivity index (χ1n) is 4.89. The molecule has 0 saturated carbocycles. The summed E-state index contributed by atoms with van der Waals surface area (Å²) in [6, 6.07) is 0. The van der Waals surface area contributed by atoms with Crippen LogP contribution in [-0.4, -0.2) is 17.7 Å². The minimum absolute atomic E-state index is 0.161. The third-order valence-electron chi connectivity index (χ3n) is 1.65. The van der Waals surface area contributed by atoms with Gasteiger partial charge in [-0.2, -0.15) is 0 Å². The third kappa shape index (κ3) is 5.45. The molecule has 0 aliphatic heterocycles. The van der Waals surface area contributed by atoms with Crippen molar-refractivity contribution in [3.05, 3.63) is 0 Å². The summed E-state index contributed by atoms with van der Waals surface area (Å²) in [6.45, 7) is 3.71. The molecule has 0 rings (SSSR count). The van der Waals surface area contributed by atoms with Crippen LogP contribution in [0.1, 0.15) is 46.0 Å². The molecule has 80 valence electrons. The molecule has 0 radical (unpaired) electrons. The van der Waals surface area contributed by atoms with E-state index in [9.17, 15) is 14.4 Å². The standard InChI is InChI=1S/C10H16O4/c1-3-5-7-8(11)10(13)14-9(12)6-4-2/h3-7H2,1-2H3. The number of carbonyl (C=O) groups excluding carboxylic acids is 3. The van der Waals surface area contributed by atoms with Crippen molar-refractivity contribution in [2.24, 2.45) is 0 Å². The maximum atomic E-state index is 11.0. The first-order valence-corrected chi connectivity index (χ1v) is 4.89. The summed E-state index contributed by atoms with van der Waals surface area (Å²) in [4.78, 5) is 32.8. The Bertz CT molecular complexity index is 220. The zero-order valence-corrected chi connectivity index (χ0v) is 8.67. The number of Topliss-reactive ketones (excluding diaryl/α,β-unsaturated/α-hetero) is 1. The van der Waals surface area contributed by atoms with Crippen molar-refractivity contribution in [1.82, 2.24) is 0 Å². The summed E-state index contributed by atoms with van der Waals surface area (Å²) >= 11 is 0. The molecule has 14 heavy (non-hydrogen) atoms. The van der Waals surface area contributed by atoms with Crippen molar-refractivity contribution in [3.63, 3.8) is 0 Å². The number of ether oxygens (including phenoxy) is 1. The molecular weight excluding hydrogens is 184 g/mol. The normalized spacial score (nSPS) is 9.57. The van der Waals surface area contributed by atoms with Crippen LogP contribution in [0, 0.1) is 0 Å². The Labute approximate surface area is 83.6 Å². The third-order valence-corrected chi connectivity index (χ3v) is 1.65. The lowest BCUT2D eigenvalue weighted by molar-refractivity contribution is -0.164. The average Bonchev–Trinajstić information content (AvgIpc) is 2.14. The Kier molecular flexibility index (Phi) is 6.62. The van der Waals surface area contributed by atoms with Gasteiger partial charge in [0.1, 0.15) is 0 Å². The fourth-order valence-corrected chi connectivity index (χ4v) is 0.855. The second kappa shape index (κ2) is 7.24. The second-order valence-corrected chi connectivity index (χ2v) is 3.04. The molecule has 0 spiro atoms. The molecule has 0 saturated heterocycles. The largest absolute Gasteiger partial charge is 0.387 e. The van der Waals surface area contributed by atoms with Gasteiger partial charge in [-0.25, -0.2) is 4.79 Å². The van der Waals surface area contributed by atoms with E-state index in [4.69, 9.17) is 0 Å².